The highest BCUT2D eigenvalue weighted by Crippen LogP contribution is 2.16. The van der Waals surface area contributed by atoms with Gasteiger partial charge < -0.3 is 5.32 Å². The maximum Gasteiger partial charge on any atom is 0.231 e. The molecule has 22 heavy (non-hydrogen) atoms. The molecule has 0 saturated carbocycles. The van der Waals surface area contributed by atoms with Gasteiger partial charge in [-0.05, 0) is 12.1 Å². The number of anilines is 1. The van der Waals surface area contributed by atoms with E-state index in [0.717, 1.165) is 36.0 Å². The molecule has 0 bridgehead atoms. The van der Waals surface area contributed by atoms with E-state index in [9.17, 15) is 4.79 Å². The van der Waals surface area contributed by atoms with Gasteiger partial charge in [0.1, 0.15) is 5.01 Å². The number of benzene rings is 1. The number of thiazole rings is 1. The van der Waals surface area contributed by atoms with E-state index in [2.05, 4.69) is 20.6 Å². The van der Waals surface area contributed by atoms with E-state index in [0.29, 0.717) is 6.42 Å². The van der Waals surface area contributed by atoms with Crippen LogP contribution in [-0.4, -0.2) is 40.4 Å². The van der Waals surface area contributed by atoms with Crippen LogP contribution in [0.1, 0.15) is 10.7 Å². The number of amides is 1. The van der Waals surface area contributed by atoms with Crippen LogP contribution in [0.3, 0.4) is 0 Å². The van der Waals surface area contributed by atoms with Gasteiger partial charge in [-0.1, -0.05) is 18.2 Å². The molecular formula is C16H19N3OS2. The molecule has 2 heterocycles. The first kappa shape index (κ1) is 15.5. The van der Waals surface area contributed by atoms with Crippen molar-refractivity contribution in [1.29, 1.82) is 0 Å². The summed E-state index contributed by atoms with van der Waals surface area (Å²) in [5.41, 5.74) is 1.91. The average Bonchev–Trinajstić information content (AvgIpc) is 2.96. The summed E-state index contributed by atoms with van der Waals surface area (Å²) in [4.78, 5) is 19.0. The van der Waals surface area contributed by atoms with Crippen LogP contribution in [0.25, 0.3) is 0 Å². The molecule has 0 atom stereocenters. The first-order valence-corrected chi connectivity index (χ1v) is 9.41. The van der Waals surface area contributed by atoms with Crippen LogP contribution in [0.15, 0.2) is 35.7 Å². The maximum atomic E-state index is 12.0. The Morgan fingerprint density at radius 2 is 2.00 bits per heavy atom. The number of rotatable bonds is 5. The maximum absolute atomic E-state index is 12.0. The van der Waals surface area contributed by atoms with Gasteiger partial charge in [0.25, 0.3) is 0 Å². The zero-order valence-electron chi connectivity index (χ0n) is 12.3. The van der Waals surface area contributed by atoms with Gasteiger partial charge in [0.05, 0.1) is 12.1 Å². The molecule has 0 aliphatic carbocycles. The average molecular weight is 333 g/mol. The number of hydrogen-bond donors (Lipinski definition) is 1. The Kier molecular flexibility index (Phi) is 5.48. The third-order valence-electron chi connectivity index (χ3n) is 3.46. The number of carbonyl (C=O) groups is 1. The van der Waals surface area contributed by atoms with Crippen molar-refractivity contribution in [2.45, 2.75) is 13.0 Å². The van der Waals surface area contributed by atoms with Crippen molar-refractivity contribution >= 4 is 34.7 Å². The molecule has 3 rings (SSSR count). The lowest BCUT2D eigenvalue weighted by Crippen LogP contribution is -2.32. The predicted octanol–water partition coefficient (Wildman–Crippen LogP) is 2.87. The van der Waals surface area contributed by atoms with Gasteiger partial charge in [-0.3, -0.25) is 9.69 Å². The van der Waals surface area contributed by atoms with Crippen molar-refractivity contribution in [3.05, 3.63) is 46.4 Å². The van der Waals surface area contributed by atoms with Crippen molar-refractivity contribution < 1.29 is 4.79 Å². The lowest BCUT2D eigenvalue weighted by atomic mass is 10.3. The van der Waals surface area contributed by atoms with Crippen LogP contribution in [0.4, 0.5) is 5.69 Å². The Hall–Kier alpha value is -1.37. The number of carbonyl (C=O) groups excluding carboxylic acids is 1. The van der Waals surface area contributed by atoms with E-state index >= 15 is 0 Å². The summed E-state index contributed by atoms with van der Waals surface area (Å²) in [5, 5.41) is 5.86. The first-order chi connectivity index (χ1) is 10.8. The Morgan fingerprint density at radius 3 is 2.77 bits per heavy atom. The number of aromatic nitrogens is 1. The summed E-state index contributed by atoms with van der Waals surface area (Å²) in [7, 11) is 0. The van der Waals surface area contributed by atoms with Gasteiger partial charge in [0.15, 0.2) is 0 Å². The van der Waals surface area contributed by atoms with Gasteiger partial charge in [0, 0.05) is 42.2 Å². The molecule has 0 radical (unpaired) electrons. The van der Waals surface area contributed by atoms with Crippen molar-refractivity contribution in [3.8, 4) is 0 Å². The molecule has 116 valence electrons. The molecule has 0 spiro atoms. The third-order valence-corrected chi connectivity index (χ3v) is 5.30. The van der Waals surface area contributed by atoms with Crippen LogP contribution in [-0.2, 0) is 17.8 Å². The normalized spacial score (nSPS) is 15.6. The first-order valence-electron chi connectivity index (χ1n) is 7.38. The largest absolute Gasteiger partial charge is 0.326 e. The highest BCUT2D eigenvalue weighted by molar-refractivity contribution is 7.99. The molecule has 1 N–H and O–H groups in total. The number of nitrogens with one attached hydrogen (secondary N) is 1. The standard InChI is InChI=1S/C16H19N3OS2/c20-15(17-13-4-2-1-3-5-13)10-16-18-14(12-22-16)11-19-6-8-21-9-7-19/h1-5,12H,6-11H2,(H,17,20). The minimum atomic E-state index is -0.0125. The summed E-state index contributed by atoms with van der Waals surface area (Å²) in [6, 6.07) is 9.53. The molecule has 4 nitrogen and oxygen atoms in total. The molecule has 1 fully saturated rings. The Morgan fingerprint density at radius 1 is 1.23 bits per heavy atom. The summed E-state index contributed by atoms with van der Waals surface area (Å²) in [6.45, 7) is 3.16. The molecule has 6 heteroatoms. The van der Waals surface area contributed by atoms with E-state index in [1.807, 2.05) is 42.1 Å². The summed E-state index contributed by atoms with van der Waals surface area (Å²) < 4.78 is 0. The van der Waals surface area contributed by atoms with Crippen molar-refractivity contribution in [1.82, 2.24) is 9.88 Å². The third kappa shape index (κ3) is 4.56. The second kappa shape index (κ2) is 7.76. The fourth-order valence-electron chi connectivity index (χ4n) is 2.36. The molecule has 1 aromatic heterocycles. The fourth-order valence-corrected chi connectivity index (χ4v) is 4.12. The zero-order valence-corrected chi connectivity index (χ0v) is 14.0. The molecule has 1 amide bonds. The number of para-hydroxylation sites is 1. The number of thioether (sulfide) groups is 1. The molecule has 1 aliphatic rings. The Labute approximate surface area is 138 Å². The van der Waals surface area contributed by atoms with E-state index in [1.54, 1.807) is 11.3 Å². The predicted molar refractivity (Wildman–Crippen MR) is 93.5 cm³/mol. The lowest BCUT2D eigenvalue weighted by Gasteiger charge is -2.25. The van der Waals surface area contributed by atoms with Gasteiger partial charge in [-0.25, -0.2) is 4.98 Å². The van der Waals surface area contributed by atoms with Crippen LogP contribution in [0.2, 0.25) is 0 Å². The van der Waals surface area contributed by atoms with Crippen LogP contribution in [0.5, 0.6) is 0 Å². The highest BCUT2D eigenvalue weighted by atomic mass is 32.2. The van der Waals surface area contributed by atoms with Gasteiger partial charge in [-0.15, -0.1) is 11.3 Å². The minimum Gasteiger partial charge on any atom is -0.326 e. The molecule has 1 aromatic carbocycles. The van der Waals surface area contributed by atoms with E-state index in [4.69, 9.17) is 0 Å². The smallest absolute Gasteiger partial charge is 0.231 e. The van der Waals surface area contributed by atoms with E-state index in [-0.39, 0.29) is 5.91 Å². The topological polar surface area (TPSA) is 45.2 Å². The molecule has 1 saturated heterocycles. The van der Waals surface area contributed by atoms with E-state index < -0.39 is 0 Å². The molecule has 1 aliphatic heterocycles. The van der Waals surface area contributed by atoms with E-state index in [1.165, 1.54) is 11.5 Å². The van der Waals surface area contributed by atoms with Crippen molar-refractivity contribution in [2.24, 2.45) is 0 Å². The van der Waals surface area contributed by atoms with Gasteiger partial charge in [-0.2, -0.15) is 11.8 Å². The Balaban J connectivity index is 1.51. The van der Waals surface area contributed by atoms with Gasteiger partial charge >= 0.3 is 0 Å². The second-order valence-corrected chi connectivity index (χ2v) is 7.38. The quantitative estimate of drug-likeness (QED) is 0.914. The van der Waals surface area contributed by atoms with Gasteiger partial charge in [0.2, 0.25) is 5.91 Å². The van der Waals surface area contributed by atoms with Crippen LogP contribution in [0, 0.1) is 0 Å². The minimum absolute atomic E-state index is 0.0125. The van der Waals surface area contributed by atoms with Crippen molar-refractivity contribution in [2.75, 3.05) is 29.9 Å². The second-order valence-electron chi connectivity index (χ2n) is 5.21. The summed E-state index contributed by atoms with van der Waals surface area (Å²) in [6.07, 6.45) is 0.343. The van der Waals surface area contributed by atoms with Crippen LogP contribution < -0.4 is 5.32 Å². The SMILES string of the molecule is O=C(Cc1nc(CN2CCSCC2)cs1)Nc1ccccc1. The number of hydrogen-bond acceptors (Lipinski definition) is 5. The van der Waals surface area contributed by atoms with Crippen molar-refractivity contribution in [3.63, 3.8) is 0 Å². The summed E-state index contributed by atoms with van der Waals surface area (Å²) >= 11 is 3.58. The van der Waals surface area contributed by atoms with Crippen LogP contribution >= 0.6 is 23.1 Å². The summed E-state index contributed by atoms with van der Waals surface area (Å²) in [5.74, 6) is 2.40. The molecule has 2 aromatic rings. The fraction of sp³-hybridized carbons (Fsp3) is 0.375. The molecule has 0 unspecified atom stereocenters. The monoisotopic (exact) mass is 333 g/mol. The zero-order chi connectivity index (χ0) is 15.2. The Bertz CT molecular complexity index is 609. The number of nitrogens with zero attached hydrogens (tertiary/aromatic N) is 2. The highest BCUT2D eigenvalue weighted by Gasteiger charge is 2.13. The molecular weight excluding hydrogens is 314 g/mol. The lowest BCUT2D eigenvalue weighted by molar-refractivity contribution is -0.115.